The highest BCUT2D eigenvalue weighted by molar-refractivity contribution is 14.1. The van der Waals surface area contributed by atoms with Gasteiger partial charge < -0.3 is 4.74 Å². The number of ether oxygens (including phenoxy) is 1. The Bertz CT molecular complexity index is 524. The van der Waals surface area contributed by atoms with Crippen molar-refractivity contribution in [1.29, 1.82) is 0 Å². The fourth-order valence-electron chi connectivity index (χ4n) is 1.36. The second-order valence-electron chi connectivity index (χ2n) is 3.67. The third kappa shape index (κ3) is 8.39. The number of ketones is 1. The first kappa shape index (κ1) is 19.5. The molecule has 114 valence electrons. The Morgan fingerprint density at radius 3 is 2.76 bits per heavy atom. The number of nitrogens with zero attached hydrogens (tertiary/aromatic N) is 1. The number of Topliss-reactive ketones (excluding diaryl/α,β-unsaturated/α-hetero) is 1. The number of nitrogens with two attached hydrogens (primary N) is 2. The number of hydrogen-bond donors (Lipinski definition) is 2. The van der Waals surface area contributed by atoms with E-state index in [-0.39, 0.29) is 6.61 Å². The normalized spacial score (nSPS) is 8.76. The summed E-state index contributed by atoms with van der Waals surface area (Å²) >= 11 is 2.24. The van der Waals surface area contributed by atoms with Crippen LogP contribution in [0.3, 0.4) is 0 Å². The lowest BCUT2D eigenvalue weighted by atomic mass is 10.1. The van der Waals surface area contributed by atoms with Crippen molar-refractivity contribution >= 4 is 34.3 Å². The van der Waals surface area contributed by atoms with Gasteiger partial charge in [0.1, 0.15) is 0 Å². The summed E-state index contributed by atoms with van der Waals surface area (Å²) < 4.78 is 5.67. The van der Waals surface area contributed by atoms with Crippen LogP contribution in [0.2, 0.25) is 0 Å². The molecule has 0 aliphatic rings. The van der Waals surface area contributed by atoms with E-state index in [9.17, 15) is 9.59 Å². The molecule has 4 N–H and O–H groups in total. The first-order valence-electron chi connectivity index (χ1n) is 6.26. The molecule has 0 saturated heterocycles. The van der Waals surface area contributed by atoms with Gasteiger partial charge in [-0.25, -0.2) is 4.79 Å². The van der Waals surface area contributed by atoms with Crippen LogP contribution in [0.4, 0.5) is 0 Å². The molecule has 0 aliphatic heterocycles. The number of esters is 1. The monoisotopic (exact) mass is 403 g/mol. The van der Waals surface area contributed by atoms with E-state index in [1.807, 2.05) is 12.3 Å². The number of hydrogen-bond acceptors (Lipinski definition) is 6. The van der Waals surface area contributed by atoms with Gasteiger partial charge in [0.2, 0.25) is 0 Å². The Balaban J connectivity index is 0.00000191. The summed E-state index contributed by atoms with van der Waals surface area (Å²) in [6.45, 7) is 1.83. The van der Waals surface area contributed by atoms with E-state index in [1.54, 1.807) is 13.1 Å². The molecule has 1 aromatic rings. The quantitative estimate of drug-likeness (QED) is 0.111. The third-order valence-electron chi connectivity index (χ3n) is 2.27. The van der Waals surface area contributed by atoms with Gasteiger partial charge in [-0.3, -0.25) is 21.5 Å². The maximum absolute atomic E-state index is 11.2. The molecule has 0 unspecified atom stereocenters. The topological polar surface area (TPSA) is 108 Å². The predicted molar refractivity (Wildman–Crippen MR) is 87.7 cm³/mol. The Morgan fingerprint density at radius 1 is 1.43 bits per heavy atom. The standard InChI is InChI=1S/C14H14INO3.H4N2/c1-2-19-14(18)13(17)7-5-3-4-6-11-8-9-16-10-12(11)15;1-2/h8-10H,2-4,6H2,1H3;1-2H2. The van der Waals surface area contributed by atoms with Crippen molar-refractivity contribution in [1.82, 2.24) is 4.98 Å². The molecule has 1 heterocycles. The van der Waals surface area contributed by atoms with Crippen molar-refractivity contribution in [2.75, 3.05) is 6.61 Å². The van der Waals surface area contributed by atoms with E-state index < -0.39 is 11.8 Å². The Kier molecular flexibility index (Phi) is 11.4. The molecule has 0 aromatic carbocycles. The Labute approximate surface area is 137 Å². The lowest BCUT2D eigenvalue weighted by Crippen LogP contribution is -2.15. The fraction of sp³-hybridized carbons (Fsp3) is 0.357. The van der Waals surface area contributed by atoms with Gasteiger partial charge in [-0.15, -0.1) is 0 Å². The highest BCUT2D eigenvalue weighted by Gasteiger charge is 2.10. The molecule has 0 amide bonds. The van der Waals surface area contributed by atoms with Crippen molar-refractivity contribution < 1.29 is 14.3 Å². The van der Waals surface area contributed by atoms with Gasteiger partial charge in [0.05, 0.1) is 6.61 Å². The zero-order valence-electron chi connectivity index (χ0n) is 11.8. The van der Waals surface area contributed by atoms with Crippen molar-refractivity contribution in [2.45, 2.75) is 26.2 Å². The molecule has 6 nitrogen and oxygen atoms in total. The summed E-state index contributed by atoms with van der Waals surface area (Å²) in [7, 11) is 0. The second-order valence-corrected chi connectivity index (χ2v) is 4.83. The van der Waals surface area contributed by atoms with Crippen LogP contribution in [0.5, 0.6) is 0 Å². The summed E-state index contributed by atoms with van der Waals surface area (Å²) in [5.41, 5.74) is 1.22. The van der Waals surface area contributed by atoms with E-state index in [0.29, 0.717) is 6.42 Å². The van der Waals surface area contributed by atoms with E-state index in [4.69, 9.17) is 0 Å². The van der Waals surface area contributed by atoms with Gasteiger partial charge in [-0.1, -0.05) is 5.92 Å². The van der Waals surface area contributed by atoms with Crippen molar-refractivity contribution in [2.24, 2.45) is 11.7 Å². The second kappa shape index (κ2) is 12.3. The van der Waals surface area contributed by atoms with Crippen LogP contribution in [0.25, 0.3) is 0 Å². The molecule has 0 fully saturated rings. The molecule has 0 radical (unpaired) electrons. The van der Waals surface area contributed by atoms with Crippen LogP contribution in [-0.2, 0) is 20.7 Å². The lowest BCUT2D eigenvalue weighted by Gasteiger charge is -2.00. The number of aromatic nitrogens is 1. The fourth-order valence-corrected chi connectivity index (χ4v) is 1.97. The van der Waals surface area contributed by atoms with Crippen molar-refractivity contribution in [3.8, 4) is 11.8 Å². The summed E-state index contributed by atoms with van der Waals surface area (Å²) in [6, 6.07) is 1.97. The summed E-state index contributed by atoms with van der Waals surface area (Å²) in [6.07, 6.45) is 5.86. The van der Waals surface area contributed by atoms with Crippen LogP contribution in [0.15, 0.2) is 18.5 Å². The lowest BCUT2D eigenvalue weighted by molar-refractivity contribution is -0.150. The Morgan fingerprint density at radius 2 is 2.14 bits per heavy atom. The average molecular weight is 403 g/mol. The van der Waals surface area contributed by atoms with Gasteiger partial charge in [0, 0.05) is 22.4 Å². The minimum absolute atomic E-state index is 0.187. The third-order valence-corrected chi connectivity index (χ3v) is 3.24. The first-order valence-corrected chi connectivity index (χ1v) is 7.34. The zero-order chi connectivity index (χ0) is 16.1. The summed E-state index contributed by atoms with van der Waals surface area (Å²) in [5, 5.41) is 0. The van der Waals surface area contributed by atoms with E-state index in [2.05, 4.69) is 55.8 Å². The molecule has 7 heteroatoms. The molecule has 0 spiro atoms. The minimum atomic E-state index is -0.876. The van der Waals surface area contributed by atoms with E-state index in [1.165, 1.54) is 5.56 Å². The highest BCUT2D eigenvalue weighted by atomic mass is 127. The number of pyridine rings is 1. The molecular formula is C14H18IN3O3. The zero-order valence-corrected chi connectivity index (χ0v) is 13.9. The maximum atomic E-state index is 11.2. The Hall–Kier alpha value is -1.50. The molecule has 0 saturated carbocycles. The number of rotatable bonds is 5. The SMILES string of the molecule is CCOC(=O)C(=O)C#CCCCc1ccncc1I.NN. The minimum Gasteiger partial charge on any atom is -0.459 e. The number of halogens is 1. The molecular weight excluding hydrogens is 385 g/mol. The number of carbonyl (C=O) groups is 2. The van der Waals surface area contributed by atoms with Gasteiger partial charge >= 0.3 is 11.8 Å². The van der Waals surface area contributed by atoms with Gasteiger partial charge in [-0.2, -0.15) is 0 Å². The number of aryl methyl sites for hydroxylation is 1. The average Bonchev–Trinajstić information content (AvgIpc) is 2.50. The van der Waals surface area contributed by atoms with Crippen molar-refractivity contribution in [3.05, 3.63) is 27.6 Å². The molecule has 0 atom stereocenters. The molecule has 0 bridgehead atoms. The molecule has 0 aliphatic carbocycles. The maximum Gasteiger partial charge on any atom is 0.388 e. The van der Waals surface area contributed by atoms with E-state index in [0.717, 1.165) is 16.4 Å². The van der Waals surface area contributed by atoms with E-state index >= 15 is 0 Å². The number of unbranched alkanes of at least 4 members (excludes halogenated alkanes) is 1. The molecule has 1 aromatic heterocycles. The summed E-state index contributed by atoms with van der Waals surface area (Å²) in [5.74, 6) is 11.3. The van der Waals surface area contributed by atoms with Crippen LogP contribution in [0, 0.1) is 15.4 Å². The predicted octanol–water partition coefficient (Wildman–Crippen LogP) is 0.963. The number of carbonyl (C=O) groups excluding carboxylic acids is 2. The number of hydrazine groups is 1. The summed E-state index contributed by atoms with van der Waals surface area (Å²) in [4.78, 5) is 26.2. The van der Waals surface area contributed by atoms with Crippen LogP contribution >= 0.6 is 22.6 Å². The van der Waals surface area contributed by atoms with Crippen molar-refractivity contribution in [3.63, 3.8) is 0 Å². The van der Waals surface area contributed by atoms with Crippen LogP contribution < -0.4 is 11.7 Å². The van der Waals surface area contributed by atoms with Gasteiger partial charge in [-0.05, 0) is 59.9 Å². The molecule has 1 rings (SSSR count). The van der Waals surface area contributed by atoms with Gasteiger partial charge in [0.15, 0.2) is 0 Å². The largest absolute Gasteiger partial charge is 0.459 e. The van der Waals surface area contributed by atoms with Crippen LogP contribution in [0.1, 0.15) is 25.3 Å². The molecule has 21 heavy (non-hydrogen) atoms. The van der Waals surface area contributed by atoms with Crippen LogP contribution in [-0.4, -0.2) is 23.3 Å². The van der Waals surface area contributed by atoms with Gasteiger partial charge in [0.25, 0.3) is 0 Å². The smallest absolute Gasteiger partial charge is 0.388 e. The highest BCUT2D eigenvalue weighted by Crippen LogP contribution is 2.12. The first-order chi connectivity index (χ1) is 10.1.